The molecule has 0 aliphatic carbocycles. The quantitative estimate of drug-likeness (QED) is 0.0513. The Labute approximate surface area is 248 Å². The lowest BCUT2D eigenvalue weighted by atomic mass is 10.1. The van der Waals surface area contributed by atoms with Crippen molar-refractivity contribution in [2.75, 3.05) is 13.2 Å². The molecule has 0 amide bonds. The highest BCUT2D eigenvalue weighted by Crippen LogP contribution is 2.13. The van der Waals surface area contributed by atoms with Gasteiger partial charge in [0.1, 0.15) is 19.3 Å². The number of aliphatic hydroxyl groups excluding tert-OH is 1. The van der Waals surface area contributed by atoms with E-state index in [0.29, 0.717) is 12.8 Å². The number of allylic oxidation sites excluding steroid dienone is 2. The van der Waals surface area contributed by atoms with Crippen LogP contribution >= 0.6 is 0 Å². The highest BCUT2D eigenvalue weighted by atomic mass is 16.6. The molecule has 40 heavy (non-hydrogen) atoms. The van der Waals surface area contributed by atoms with Gasteiger partial charge in [0.05, 0.1) is 0 Å². The first-order valence-electron chi connectivity index (χ1n) is 17.2. The van der Waals surface area contributed by atoms with Gasteiger partial charge < -0.3 is 14.6 Å². The molecule has 0 rings (SSSR count). The Morgan fingerprint density at radius 1 is 0.500 bits per heavy atom. The topological polar surface area (TPSA) is 72.8 Å². The van der Waals surface area contributed by atoms with Crippen molar-refractivity contribution in [2.45, 2.75) is 187 Å². The molecule has 1 N–H and O–H groups in total. The van der Waals surface area contributed by atoms with Crippen LogP contribution in [0.2, 0.25) is 0 Å². The first-order chi connectivity index (χ1) is 19.6. The number of unbranched alkanes of at least 4 members (excludes halogenated alkanes) is 21. The van der Waals surface area contributed by atoms with Crippen LogP contribution in [0.25, 0.3) is 0 Å². The zero-order chi connectivity index (χ0) is 29.4. The molecule has 0 aromatic rings. The van der Waals surface area contributed by atoms with Crippen molar-refractivity contribution in [2.24, 2.45) is 0 Å². The minimum absolute atomic E-state index is 0.114. The summed E-state index contributed by atoms with van der Waals surface area (Å²) in [7, 11) is 0. The van der Waals surface area contributed by atoms with E-state index < -0.39 is 6.10 Å². The summed E-state index contributed by atoms with van der Waals surface area (Å²) in [5.74, 6) is -0.571. The SMILES string of the molecule is CCCCCCCC/C=C\CCCCCCCC(=O)OCC(O)COC(=O)CCCCCCCCCCCCC. The van der Waals surface area contributed by atoms with Gasteiger partial charge in [-0.15, -0.1) is 0 Å². The predicted octanol–water partition coefficient (Wildman–Crippen LogP) is 10.2. The fourth-order valence-corrected chi connectivity index (χ4v) is 4.84. The Bertz CT molecular complexity index is 574. The Morgan fingerprint density at radius 3 is 1.15 bits per heavy atom. The van der Waals surface area contributed by atoms with Gasteiger partial charge in [0.15, 0.2) is 0 Å². The number of rotatable bonds is 31. The summed E-state index contributed by atoms with van der Waals surface area (Å²) in [6.07, 6.45) is 34.0. The van der Waals surface area contributed by atoms with Gasteiger partial charge in [0.2, 0.25) is 0 Å². The molecule has 0 aliphatic rings. The molecular weight excluding hydrogens is 500 g/mol. The van der Waals surface area contributed by atoms with Crippen molar-refractivity contribution >= 4 is 11.9 Å². The molecule has 236 valence electrons. The van der Waals surface area contributed by atoms with Gasteiger partial charge >= 0.3 is 11.9 Å². The van der Waals surface area contributed by atoms with Crippen LogP contribution < -0.4 is 0 Å². The summed E-state index contributed by atoms with van der Waals surface area (Å²) in [6.45, 7) is 4.28. The maximum Gasteiger partial charge on any atom is 0.305 e. The van der Waals surface area contributed by atoms with Gasteiger partial charge in [-0.1, -0.05) is 142 Å². The first kappa shape index (κ1) is 38.6. The minimum Gasteiger partial charge on any atom is -0.463 e. The van der Waals surface area contributed by atoms with E-state index in [1.54, 1.807) is 0 Å². The fraction of sp³-hybridized carbons (Fsp3) is 0.886. The van der Waals surface area contributed by atoms with E-state index in [4.69, 9.17) is 9.47 Å². The van der Waals surface area contributed by atoms with Crippen LogP contribution in [0.1, 0.15) is 181 Å². The van der Waals surface area contributed by atoms with Crippen molar-refractivity contribution in [1.82, 2.24) is 0 Å². The fourth-order valence-electron chi connectivity index (χ4n) is 4.84. The first-order valence-corrected chi connectivity index (χ1v) is 17.2. The largest absolute Gasteiger partial charge is 0.463 e. The number of hydrogen-bond acceptors (Lipinski definition) is 5. The smallest absolute Gasteiger partial charge is 0.305 e. The maximum atomic E-state index is 11.9. The van der Waals surface area contributed by atoms with Crippen molar-refractivity contribution in [3.05, 3.63) is 12.2 Å². The van der Waals surface area contributed by atoms with Gasteiger partial charge in [-0.3, -0.25) is 9.59 Å². The van der Waals surface area contributed by atoms with Gasteiger partial charge in [0.25, 0.3) is 0 Å². The van der Waals surface area contributed by atoms with Gasteiger partial charge in [-0.05, 0) is 38.5 Å². The standard InChI is InChI=1S/C35H66O5/c1-3-5-7-9-11-13-15-16-17-18-20-22-24-26-28-30-35(38)40-32-33(36)31-39-34(37)29-27-25-23-21-19-14-12-10-8-6-4-2/h16-17,33,36H,3-15,18-32H2,1-2H3/b17-16-. The molecule has 0 bridgehead atoms. The lowest BCUT2D eigenvalue weighted by Crippen LogP contribution is -2.25. The number of carbonyl (C=O) groups is 2. The summed E-state index contributed by atoms with van der Waals surface area (Å²) in [5.41, 5.74) is 0. The van der Waals surface area contributed by atoms with Crippen LogP contribution in [0.4, 0.5) is 0 Å². The molecule has 0 aromatic carbocycles. The van der Waals surface area contributed by atoms with Gasteiger partial charge in [-0.25, -0.2) is 0 Å². The second kappa shape index (κ2) is 32.2. The van der Waals surface area contributed by atoms with E-state index in [1.807, 2.05) is 0 Å². The molecule has 0 radical (unpaired) electrons. The van der Waals surface area contributed by atoms with Gasteiger partial charge in [0, 0.05) is 12.8 Å². The van der Waals surface area contributed by atoms with E-state index in [0.717, 1.165) is 44.9 Å². The zero-order valence-corrected chi connectivity index (χ0v) is 26.6. The second-order valence-electron chi connectivity index (χ2n) is 11.6. The number of aliphatic hydroxyl groups is 1. The summed E-state index contributed by atoms with van der Waals surface area (Å²) in [5, 5.41) is 9.95. The van der Waals surface area contributed by atoms with E-state index >= 15 is 0 Å². The van der Waals surface area contributed by atoms with Crippen molar-refractivity contribution in [3.8, 4) is 0 Å². The Morgan fingerprint density at radius 2 is 0.800 bits per heavy atom. The normalized spacial score (nSPS) is 12.2. The zero-order valence-electron chi connectivity index (χ0n) is 26.6. The van der Waals surface area contributed by atoms with Crippen molar-refractivity contribution < 1.29 is 24.2 Å². The lowest BCUT2D eigenvalue weighted by Gasteiger charge is -2.12. The number of esters is 2. The third-order valence-electron chi connectivity index (χ3n) is 7.50. The average molecular weight is 567 g/mol. The highest BCUT2D eigenvalue weighted by molar-refractivity contribution is 5.69. The van der Waals surface area contributed by atoms with E-state index in [2.05, 4.69) is 26.0 Å². The molecule has 5 heteroatoms. The molecule has 0 saturated carbocycles. The third-order valence-corrected chi connectivity index (χ3v) is 7.50. The van der Waals surface area contributed by atoms with E-state index in [1.165, 1.54) is 109 Å². The van der Waals surface area contributed by atoms with Crippen molar-refractivity contribution in [3.63, 3.8) is 0 Å². The van der Waals surface area contributed by atoms with Crippen LogP contribution in [0.15, 0.2) is 12.2 Å². The number of ether oxygens (including phenoxy) is 2. The second-order valence-corrected chi connectivity index (χ2v) is 11.6. The van der Waals surface area contributed by atoms with Crippen LogP contribution in [-0.4, -0.2) is 36.4 Å². The highest BCUT2D eigenvalue weighted by Gasteiger charge is 2.12. The van der Waals surface area contributed by atoms with Crippen LogP contribution in [0.3, 0.4) is 0 Å². The Balaban J connectivity index is 3.43. The van der Waals surface area contributed by atoms with E-state index in [9.17, 15) is 14.7 Å². The van der Waals surface area contributed by atoms with Crippen LogP contribution in [0, 0.1) is 0 Å². The molecule has 1 unspecified atom stereocenters. The summed E-state index contributed by atoms with van der Waals surface area (Å²) < 4.78 is 10.3. The lowest BCUT2D eigenvalue weighted by molar-refractivity contribution is -0.152. The molecule has 1 atom stereocenters. The third kappa shape index (κ3) is 31.2. The molecule has 5 nitrogen and oxygen atoms in total. The van der Waals surface area contributed by atoms with E-state index in [-0.39, 0.29) is 25.2 Å². The molecule has 0 fully saturated rings. The Kier molecular flexibility index (Phi) is 31.1. The summed E-state index contributed by atoms with van der Waals surface area (Å²) >= 11 is 0. The average Bonchev–Trinajstić information content (AvgIpc) is 2.95. The van der Waals surface area contributed by atoms with Crippen LogP contribution in [-0.2, 0) is 19.1 Å². The molecule has 0 heterocycles. The summed E-state index contributed by atoms with van der Waals surface area (Å²) in [4.78, 5) is 23.8. The predicted molar refractivity (Wildman–Crippen MR) is 168 cm³/mol. The molecule has 0 aromatic heterocycles. The Hall–Kier alpha value is -1.36. The molecular formula is C35H66O5. The molecule has 0 aliphatic heterocycles. The molecule has 0 spiro atoms. The van der Waals surface area contributed by atoms with Gasteiger partial charge in [-0.2, -0.15) is 0 Å². The number of hydrogen-bond donors (Lipinski definition) is 1. The monoisotopic (exact) mass is 566 g/mol. The number of carbonyl (C=O) groups excluding carboxylic acids is 2. The van der Waals surface area contributed by atoms with Crippen molar-refractivity contribution in [1.29, 1.82) is 0 Å². The summed E-state index contributed by atoms with van der Waals surface area (Å²) in [6, 6.07) is 0. The maximum absolute atomic E-state index is 11.9. The molecule has 0 saturated heterocycles. The van der Waals surface area contributed by atoms with Crippen LogP contribution in [0.5, 0.6) is 0 Å². The minimum atomic E-state index is -0.959.